The Morgan fingerprint density at radius 1 is 1.29 bits per heavy atom. The second-order valence-corrected chi connectivity index (χ2v) is 6.24. The third kappa shape index (κ3) is 5.56. The van der Waals surface area contributed by atoms with E-state index in [-0.39, 0.29) is 0 Å². The van der Waals surface area contributed by atoms with Crippen molar-refractivity contribution in [2.45, 2.75) is 58.2 Å². The Bertz CT molecular complexity index is 450. The summed E-state index contributed by atoms with van der Waals surface area (Å²) in [5.41, 5.74) is 0.399. The maximum absolute atomic E-state index is 9.80. The van der Waals surface area contributed by atoms with Gasteiger partial charge >= 0.3 is 0 Å². The van der Waals surface area contributed by atoms with Gasteiger partial charge in [0.2, 0.25) is 0 Å². The molecule has 0 atom stereocenters. The molecule has 0 amide bonds. The third-order valence-corrected chi connectivity index (χ3v) is 3.48. The summed E-state index contributed by atoms with van der Waals surface area (Å²) in [6.07, 6.45) is 3.11. The molecule has 0 radical (unpaired) electrons. The Balaban J connectivity index is 2.04. The number of rotatable bonds is 9. The summed E-state index contributed by atoms with van der Waals surface area (Å²) < 4.78 is 11.6. The highest BCUT2D eigenvalue weighted by Crippen LogP contribution is 2.32. The van der Waals surface area contributed by atoms with Gasteiger partial charge in [-0.05, 0) is 39.7 Å². The molecule has 0 saturated heterocycles. The molecule has 2 rings (SSSR count). The van der Waals surface area contributed by atoms with Gasteiger partial charge < -0.3 is 19.9 Å². The van der Waals surface area contributed by atoms with Crippen LogP contribution in [0.1, 0.15) is 45.6 Å². The van der Waals surface area contributed by atoms with Gasteiger partial charge in [-0.3, -0.25) is 0 Å². The summed E-state index contributed by atoms with van der Waals surface area (Å²) in [7, 11) is 0. The lowest BCUT2D eigenvalue weighted by Gasteiger charge is -2.20. The van der Waals surface area contributed by atoms with Gasteiger partial charge in [-0.15, -0.1) is 0 Å². The van der Waals surface area contributed by atoms with Gasteiger partial charge in [0.25, 0.3) is 0 Å². The molecule has 4 heteroatoms. The van der Waals surface area contributed by atoms with Crippen LogP contribution in [0.3, 0.4) is 0 Å². The van der Waals surface area contributed by atoms with Gasteiger partial charge in [0.05, 0.1) is 18.8 Å². The summed E-state index contributed by atoms with van der Waals surface area (Å²) in [5, 5.41) is 13.3. The summed E-state index contributed by atoms with van der Waals surface area (Å²) >= 11 is 0. The Morgan fingerprint density at radius 2 is 2.05 bits per heavy atom. The van der Waals surface area contributed by atoms with E-state index in [0.717, 1.165) is 23.6 Å². The Labute approximate surface area is 127 Å². The van der Waals surface area contributed by atoms with Crippen molar-refractivity contribution in [3.63, 3.8) is 0 Å². The highest BCUT2D eigenvalue weighted by atomic mass is 16.5. The van der Waals surface area contributed by atoms with Gasteiger partial charge in [-0.2, -0.15) is 0 Å². The van der Waals surface area contributed by atoms with Crippen molar-refractivity contribution in [1.29, 1.82) is 0 Å². The standard InChI is InChI=1S/C17H27NO3/c1-4-20-15-7-5-6-13(12-18-14-8-9-14)16(15)21-11-10-17(2,3)19/h5-7,14,18-19H,4,8-12H2,1-3H3. The molecule has 1 aliphatic rings. The molecular formula is C17H27NO3. The van der Waals surface area contributed by atoms with Crippen molar-refractivity contribution >= 4 is 0 Å². The molecule has 21 heavy (non-hydrogen) atoms. The van der Waals surface area contributed by atoms with Crippen molar-refractivity contribution in [1.82, 2.24) is 5.32 Å². The van der Waals surface area contributed by atoms with Gasteiger partial charge in [0, 0.05) is 24.6 Å². The van der Waals surface area contributed by atoms with E-state index in [2.05, 4.69) is 11.4 Å². The van der Waals surface area contributed by atoms with Crippen LogP contribution in [0.2, 0.25) is 0 Å². The highest BCUT2D eigenvalue weighted by molar-refractivity contribution is 5.46. The molecule has 1 aromatic carbocycles. The van der Waals surface area contributed by atoms with Gasteiger partial charge in [-0.1, -0.05) is 12.1 Å². The molecular weight excluding hydrogens is 266 g/mol. The fraction of sp³-hybridized carbons (Fsp3) is 0.647. The van der Waals surface area contributed by atoms with E-state index in [1.54, 1.807) is 13.8 Å². The maximum Gasteiger partial charge on any atom is 0.165 e. The van der Waals surface area contributed by atoms with Crippen molar-refractivity contribution in [2.24, 2.45) is 0 Å². The highest BCUT2D eigenvalue weighted by Gasteiger charge is 2.21. The third-order valence-electron chi connectivity index (χ3n) is 3.48. The van der Waals surface area contributed by atoms with Crippen LogP contribution >= 0.6 is 0 Å². The lowest BCUT2D eigenvalue weighted by molar-refractivity contribution is 0.0546. The Morgan fingerprint density at radius 3 is 2.67 bits per heavy atom. The number of hydrogen-bond acceptors (Lipinski definition) is 4. The first kappa shape index (κ1) is 16.1. The molecule has 1 fully saturated rings. The number of nitrogens with one attached hydrogen (secondary N) is 1. The van der Waals surface area contributed by atoms with E-state index in [9.17, 15) is 5.11 Å². The van der Waals surface area contributed by atoms with Crippen LogP contribution in [0.25, 0.3) is 0 Å². The molecule has 0 aromatic heterocycles. The molecule has 1 saturated carbocycles. The van der Waals surface area contributed by atoms with Crippen molar-refractivity contribution in [2.75, 3.05) is 13.2 Å². The molecule has 0 aliphatic heterocycles. The van der Waals surface area contributed by atoms with Gasteiger partial charge in [0.1, 0.15) is 0 Å². The minimum atomic E-state index is -0.715. The summed E-state index contributed by atoms with van der Waals surface area (Å²) in [6, 6.07) is 6.66. The maximum atomic E-state index is 9.80. The Kier molecular flexibility index (Phi) is 5.48. The fourth-order valence-electron chi connectivity index (χ4n) is 2.08. The van der Waals surface area contributed by atoms with Crippen LogP contribution in [0.4, 0.5) is 0 Å². The van der Waals surface area contributed by atoms with Crippen molar-refractivity contribution < 1.29 is 14.6 Å². The number of ether oxygens (including phenoxy) is 2. The van der Waals surface area contributed by atoms with Gasteiger partial charge in [-0.25, -0.2) is 0 Å². The van der Waals surface area contributed by atoms with E-state index in [1.807, 2.05) is 19.1 Å². The molecule has 2 N–H and O–H groups in total. The molecule has 118 valence electrons. The zero-order valence-electron chi connectivity index (χ0n) is 13.3. The van der Waals surface area contributed by atoms with E-state index < -0.39 is 5.60 Å². The minimum Gasteiger partial charge on any atom is -0.490 e. The van der Waals surface area contributed by atoms with E-state index in [4.69, 9.17) is 9.47 Å². The van der Waals surface area contributed by atoms with Crippen LogP contribution in [0.15, 0.2) is 18.2 Å². The van der Waals surface area contributed by atoms with Crippen molar-refractivity contribution in [3.8, 4) is 11.5 Å². The summed E-state index contributed by atoms with van der Waals surface area (Å²) in [4.78, 5) is 0. The smallest absolute Gasteiger partial charge is 0.165 e. The molecule has 1 aliphatic carbocycles. The first-order valence-electron chi connectivity index (χ1n) is 7.83. The normalized spacial score (nSPS) is 15.0. The fourth-order valence-corrected chi connectivity index (χ4v) is 2.08. The first-order chi connectivity index (χ1) is 9.99. The number of benzene rings is 1. The second kappa shape index (κ2) is 7.14. The SMILES string of the molecule is CCOc1cccc(CNC2CC2)c1OCCC(C)(C)O. The van der Waals surface area contributed by atoms with Crippen molar-refractivity contribution in [3.05, 3.63) is 23.8 Å². The quantitative estimate of drug-likeness (QED) is 0.735. The molecule has 0 heterocycles. The molecule has 4 nitrogen and oxygen atoms in total. The molecule has 0 bridgehead atoms. The zero-order valence-corrected chi connectivity index (χ0v) is 13.3. The number of hydrogen-bond donors (Lipinski definition) is 2. The van der Waals surface area contributed by atoms with Crippen LogP contribution in [-0.2, 0) is 6.54 Å². The minimum absolute atomic E-state index is 0.476. The molecule has 0 spiro atoms. The van der Waals surface area contributed by atoms with Crippen LogP contribution in [0, 0.1) is 0 Å². The monoisotopic (exact) mass is 293 g/mol. The number of aliphatic hydroxyl groups is 1. The zero-order chi connectivity index (χ0) is 15.3. The molecule has 0 unspecified atom stereocenters. The van der Waals surface area contributed by atoms with Gasteiger partial charge in [0.15, 0.2) is 11.5 Å². The largest absolute Gasteiger partial charge is 0.490 e. The summed E-state index contributed by atoms with van der Waals surface area (Å²) in [5.74, 6) is 1.58. The number of para-hydroxylation sites is 1. The topological polar surface area (TPSA) is 50.7 Å². The average Bonchev–Trinajstić information content (AvgIpc) is 3.21. The second-order valence-electron chi connectivity index (χ2n) is 6.24. The van der Waals surface area contributed by atoms with E-state index >= 15 is 0 Å². The first-order valence-corrected chi connectivity index (χ1v) is 7.83. The van der Waals surface area contributed by atoms with Crippen LogP contribution in [0.5, 0.6) is 11.5 Å². The van der Waals surface area contributed by atoms with Crippen LogP contribution in [-0.4, -0.2) is 30.0 Å². The van der Waals surface area contributed by atoms with E-state index in [1.165, 1.54) is 12.8 Å². The average molecular weight is 293 g/mol. The van der Waals surface area contributed by atoms with E-state index in [0.29, 0.717) is 25.7 Å². The predicted octanol–water partition coefficient (Wildman–Crippen LogP) is 2.88. The lowest BCUT2D eigenvalue weighted by atomic mass is 10.1. The predicted molar refractivity (Wildman–Crippen MR) is 83.9 cm³/mol. The lowest BCUT2D eigenvalue weighted by Crippen LogP contribution is -2.22. The van der Waals surface area contributed by atoms with Crippen LogP contribution < -0.4 is 14.8 Å². The summed E-state index contributed by atoms with van der Waals surface area (Å²) in [6.45, 7) is 7.44. The molecule has 1 aromatic rings. The Hall–Kier alpha value is -1.26.